The maximum Gasteiger partial charge on any atom is 0.164 e. The van der Waals surface area contributed by atoms with E-state index >= 15 is 0 Å². The molecule has 0 unspecified atom stereocenters. The second kappa shape index (κ2) is 4.97. The van der Waals surface area contributed by atoms with Crippen molar-refractivity contribution in [1.29, 1.82) is 0 Å². The van der Waals surface area contributed by atoms with E-state index in [1.165, 1.54) is 18.5 Å². The van der Waals surface area contributed by atoms with E-state index in [1.54, 1.807) is 18.3 Å². The average molecular weight is 254 g/mol. The second-order valence-electron chi connectivity index (χ2n) is 4.08. The van der Waals surface area contributed by atoms with Crippen LogP contribution in [0.25, 0.3) is 11.0 Å². The highest BCUT2D eigenvalue weighted by molar-refractivity contribution is 5.85. The smallest absolute Gasteiger partial charge is 0.164 e. The van der Waals surface area contributed by atoms with Crippen LogP contribution in [0.4, 0.5) is 10.2 Å². The number of fused-ring (bicyclic) bond motifs is 1. The molecule has 0 saturated carbocycles. The van der Waals surface area contributed by atoms with Crippen molar-refractivity contribution in [3.8, 4) is 0 Å². The van der Waals surface area contributed by atoms with Gasteiger partial charge < -0.3 is 5.32 Å². The number of aromatic nitrogens is 3. The molecule has 1 N–H and O–H groups in total. The molecule has 0 atom stereocenters. The number of hydrogen-bond acceptors (Lipinski definition) is 4. The Morgan fingerprint density at radius 2 is 1.84 bits per heavy atom. The number of nitrogens with zero attached hydrogens (tertiary/aromatic N) is 3. The molecule has 0 fully saturated rings. The second-order valence-corrected chi connectivity index (χ2v) is 4.08. The van der Waals surface area contributed by atoms with Crippen molar-refractivity contribution < 1.29 is 4.39 Å². The van der Waals surface area contributed by atoms with Crippen molar-refractivity contribution >= 4 is 16.9 Å². The molecule has 0 saturated heterocycles. The highest BCUT2D eigenvalue weighted by Crippen LogP contribution is 2.17. The Morgan fingerprint density at radius 3 is 2.68 bits per heavy atom. The van der Waals surface area contributed by atoms with E-state index in [1.807, 2.05) is 12.1 Å². The van der Waals surface area contributed by atoms with Gasteiger partial charge in [0.1, 0.15) is 18.0 Å². The van der Waals surface area contributed by atoms with Crippen LogP contribution in [0, 0.1) is 5.82 Å². The molecule has 0 amide bonds. The summed E-state index contributed by atoms with van der Waals surface area (Å²) in [6.07, 6.45) is 3.17. The third kappa shape index (κ3) is 2.49. The molecule has 0 bridgehead atoms. The summed E-state index contributed by atoms with van der Waals surface area (Å²) in [5.74, 6) is 0.489. The zero-order valence-electron chi connectivity index (χ0n) is 10.0. The summed E-state index contributed by atoms with van der Waals surface area (Å²) in [4.78, 5) is 12.5. The Balaban J connectivity index is 1.84. The summed E-state index contributed by atoms with van der Waals surface area (Å²) in [7, 11) is 0. The molecule has 0 aliphatic heterocycles. The maximum atomic E-state index is 12.8. The number of pyridine rings is 1. The number of hydrogen-bond donors (Lipinski definition) is 1. The lowest BCUT2D eigenvalue weighted by Crippen LogP contribution is -2.02. The van der Waals surface area contributed by atoms with E-state index in [2.05, 4.69) is 20.3 Å². The van der Waals surface area contributed by atoms with Gasteiger partial charge in [-0.2, -0.15) is 0 Å². The predicted octanol–water partition coefficient (Wildman–Crippen LogP) is 2.78. The van der Waals surface area contributed by atoms with E-state index in [-0.39, 0.29) is 5.82 Å². The van der Waals surface area contributed by atoms with E-state index in [4.69, 9.17) is 0 Å². The summed E-state index contributed by atoms with van der Waals surface area (Å²) >= 11 is 0. The molecule has 5 heteroatoms. The molecule has 0 radical (unpaired) electrons. The van der Waals surface area contributed by atoms with Gasteiger partial charge in [0.05, 0.1) is 5.39 Å². The normalized spacial score (nSPS) is 10.6. The maximum absolute atomic E-state index is 12.8. The minimum Gasteiger partial charge on any atom is -0.365 e. The Bertz CT molecular complexity index is 692. The average Bonchev–Trinajstić information content (AvgIpc) is 2.47. The largest absolute Gasteiger partial charge is 0.365 e. The van der Waals surface area contributed by atoms with E-state index in [0.717, 1.165) is 16.8 Å². The van der Waals surface area contributed by atoms with Gasteiger partial charge in [-0.15, -0.1) is 0 Å². The SMILES string of the molecule is Fc1ccc(CNc2ncnc3ncccc23)cc1. The molecule has 3 aromatic rings. The van der Waals surface area contributed by atoms with Gasteiger partial charge in [-0.1, -0.05) is 12.1 Å². The van der Waals surface area contributed by atoms with Crippen molar-refractivity contribution in [2.45, 2.75) is 6.54 Å². The highest BCUT2D eigenvalue weighted by Gasteiger charge is 2.03. The van der Waals surface area contributed by atoms with Gasteiger partial charge in [0, 0.05) is 12.7 Å². The van der Waals surface area contributed by atoms with Crippen LogP contribution in [-0.2, 0) is 6.54 Å². The minimum absolute atomic E-state index is 0.236. The molecule has 4 nitrogen and oxygen atoms in total. The monoisotopic (exact) mass is 254 g/mol. The molecular weight excluding hydrogens is 243 g/mol. The highest BCUT2D eigenvalue weighted by atomic mass is 19.1. The lowest BCUT2D eigenvalue weighted by Gasteiger charge is -2.07. The Labute approximate surface area is 109 Å². The van der Waals surface area contributed by atoms with Gasteiger partial charge in [-0.05, 0) is 29.8 Å². The van der Waals surface area contributed by atoms with Crippen molar-refractivity contribution in [3.63, 3.8) is 0 Å². The predicted molar refractivity (Wildman–Crippen MR) is 71.1 cm³/mol. The number of benzene rings is 1. The van der Waals surface area contributed by atoms with Crippen LogP contribution in [0.15, 0.2) is 48.9 Å². The topological polar surface area (TPSA) is 50.7 Å². The van der Waals surface area contributed by atoms with Crippen LogP contribution < -0.4 is 5.32 Å². The number of nitrogens with one attached hydrogen (secondary N) is 1. The fourth-order valence-electron chi connectivity index (χ4n) is 1.82. The first-order chi connectivity index (χ1) is 9.33. The van der Waals surface area contributed by atoms with Gasteiger partial charge in [0.25, 0.3) is 0 Å². The fourth-order valence-corrected chi connectivity index (χ4v) is 1.82. The van der Waals surface area contributed by atoms with Gasteiger partial charge in [-0.3, -0.25) is 0 Å². The van der Waals surface area contributed by atoms with Crippen LogP contribution in [-0.4, -0.2) is 15.0 Å². The minimum atomic E-state index is -0.236. The molecule has 2 heterocycles. The zero-order chi connectivity index (χ0) is 13.1. The fraction of sp³-hybridized carbons (Fsp3) is 0.0714. The van der Waals surface area contributed by atoms with Crippen LogP contribution in [0.1, 0.15) is 5.56 Å². The summed E-state index contributed by atoms with van der Waals surface area (Å²) in [5.41, 5.74) is 1.64. The molecule has 0 spiro atoms. The number of rotatable bonds is 3. The van der Waals surface area contributed by atoms with E-state index in [0.29, 0.717) is 12.2 Å². The van der Waals surface area contributed by atoms with E-state index in [9.17, 15) is 4.39 Å². The quantitative estimate of drug-likeness (QED) is 0.780. The van der Waals surface area contributed by atoms with Gasteiger partial charge in [0.15, 0.2) is 5.65 Å². The summed E-state index contributed by atoms with van der Waals surface area (Å²) in [6, 6.07) is 10.1. The molecular formula is C14H11FN4. The zero-order valence-corrected chi connectivity index (χ0v) is 10.0. The van der Waals surface area contributed by atoms with Gasteiger partial charge >= 0.3 is 0 Å². The Hall–Kier alpha value is -2.56. The number of halogens is 1. The van der Waals surface area contributed by atoms with Crippen LogP contribution in [0.3, 0.4) is 0 Å². The lowest BCUT2D eigenvalue weighted by atomic mass is 10.2. The lowest BCUT2D eigenvalue weighted by molar-refractivity contribution is 0.627. The first-order valence-electron chi connectivity index (χ1n) is 5.87. The van der Waals surface area contributed by atoms with Crippen LogP contribution in [0.2, 0.25) is 0 Å². The van der Waals surface area contributed by atoms with Crippen LogP contribution in [0.5, 0.6) is 0 Å². The standard InChI is InChI=1S/C14H11FN4/c15-11-5-3-10(4-6-11)8-17-14-12-2-1-7-16-13(12)18-9-19-14/h1-7,9H,8H2,(H,16,17,18,19). The molecule has 0 aliphatic carbocycles. The van der Waals surface area contributed by atoms with E-state index < -0.39 is 0 Å². The van der Waals surface area contributed by atoms with Crippen LogP contribution >= 0.6 is 0 Å². The van der Waals surface area contributed by atoms with Gasteiger partial charge in [0.2, 0.25) is 0 Å². The summed E-state index contributed by atoms with van der Waals surface area (Å²) in [5, 5.41) is 4.08. The molecule has 0 aliphatic rings. The van der Waals surface area contributed by atoms with Crippen molar-refractivity contribution in [1.82, 2.24) is 15.0 Å². The van der Waals surface area contributed by atoms with Crippen molar-refractivity contribution in [2.75, 3.05) is 5.32 Å². The first kappa shape index (κ1) is 11.5. The first-order valence-corrected chi connectivity index (χ1v) is 5.87. The van der Waals surface area contributed by atoms with Gasteiger partial charge in [-0.25, -0.2) is 19.3 Å². The van der Waals surface area contributed by atoms with Crippen molar-refractivity contribution in [3.05, 3.63) is 60.3 Å². The molecule has 1 aromatic carbocycles. The Morgan fingerprint density at radius 1 is 1.00 bits per heavy atom. The molecule has 19 heavy (non-hydrogen) atoms. The molecule has 94 valence electrons. The molecule has 2 aromatic heterocycles. The van der Waals surface area contributed by atoms with Crippen molar-refractivity contribution in [2.24, 2.45) is 0 Å². The molecule has 3 rings (SSSR count). The third-order valence-electron chi connectivity index (χ3n) is 2.78. The third-order valence-corrected chi connectivity index (χ3v) is 2.78. The number of anilines is 1. The summed E-state index contributed by atoms with van der Waals surface area (Å²) in [6.45, 7) is 0.571. The Kier molecular flexibility index (Phi) is 3.02. The summed E-state index contributed by atoms with van der Waals surface area (Å²) < 4.78 is 12.8.